The van der Waals surface area contributed by atoms with Crippen molar-refractivity contribution in [3.05, 3.63) is 69.2 Å². The van der Waals surface area contributed by atoms with E-state index in [0.29, 0.717) is 22.5 Å². The summed E-state index contributed by atoms with van der Waals surface area (Å²) in [5.74, 6) is 0.387. The molecular formula is C19H24Cl2N4. The van der Waals surface area contributed by atoms with Gasteiger partial charge >= 0.3 is 0 Å². The predicted molar refractivity (Wildman–Crippen MR) is 107 cm³/mol. The molecule has 0 fully saturated rings. The quantitative estimate of drug-likeness (QED) is 0.584. The standard InChI is InChI=1S/C19H24Cl2N4/c1-13(17-9-8-16(20)10-18(17)21)24-19(22)23-11-14-6-4-5-7-15(14)12-25(2)3/h4-10,13H,11-12H2,1-3H3,(H3,22,23,24). The molecule has 134 valence electrons. The summed E-state index contributed by atoms with van der Waals surface area (Å²) in [6.45, 7) is 3.39. The van der Waals surface area contributed by atoms with Crippen molar-refractivity contribution in [3.63, 3.8) is 0 Å². The number of nitrogens with zero attached hydrogens (tertiary/aromatic N) is 2. The van der Waals surface area contributed by atoms with Crippen molar-refractivity contribution in [2.75, 3.05) is 14.1 Å². The van der Waals surface area contributed by atoms with Crippen LogP contribution in [-0.4, -0.2) is 25.0 Å². The van der Waals surface area contributed by atoms with Gasteiger partial charge in [0.25, 0.3) is 0 Å². The number of guanidine groups is 1. The van der Waals surface area contributed by atoms with Crippen LogP contribution in [0.3, 0.4) is 0 Å². The maximum atomic E-state index is 6.24. The fraction of sp³-hybridized carbons (Fsp3) is 0.316. The Balaban J connectivity index is 2.04. The molecule has 0 radical (unpaired) electrons. The molecule has 0 saturated heterocycles. The summed E-state index contributed by atoms with van der Waals surface area (Å²) in [6, 6.07) is 13.6. The van der Waals surface area contributed by atoms with Gasteiger partial charge in [-0.2, -0.15) is 0 Å². The molecule has 3 N–H and O–H groups in total. The van der Waals surface area contributed by atoms with Crippen LogP contribution in [0.4, 0.5) is 0 Å². The van der Waals surface area contributed by atoms with Gasteiger partial charge in [-0.15, -0.1) is 0 Å². The Morgan fingerprint density at radius 3 is 2.48 bits per heavy atom. The van der Waals surface area contributed by atoms with E-state index in [4.69, 9.17) is 28.9 Å². The normalized spacial score (nSPS) is 13.1. The van der Waals surface area contributed by atoms with Gasteiger partial charge in [0.2, 0.25) is 0 Å². The zero-order valence-corrected chi connectivity index (χ0v) is 16.3. The summed E-state index contributed by atoms with van der Waals surface area (Å²) in [4.78, 5) is 6.60. The van der Waals surface area contributed by atoms with E-state index in [1.165, 1.54) is 5.56 Å². The first-order valence-electron chi connectivity index (χ1n) is 8.09. The summed E-state index contributed by atoms with van der Waals surface area (Å²) < 4.78 is 0. The van der Waals surface area contributed by atoms with Crippen molar-refractivity contribution in [1.82, 2.24) is 10.2 Å². The van der Waals surface area contributed by atoms with Gasteiger partial charge in [-0.05, 0) is 49.8 Å². The van der Waals surface area contributed by atoms with E-state index in [2.05, 4.69) is 27.3 Å². The molecule has 0 amide bonds. The summed E-state index contributed by atoms with van der Waals surface area (Å²) in [7, 11) is 4.10. The maximum absolute atomic E-state index is 6.24. The minimum absolute atomic E-state index is 0.0643. The Bertz CT molecular complexity index is 744. The van der Waals surface area contributed by atoms with Gasteiger partial charge in [0.1, 0.15) is 0 Å². The molecule has 0 aromatic heterocycles. The topological polar surface area (TPSA) is 53.6 Å². The molecule has 1 unspecified atom stereocenters. The predicted octanol–water partition coefficient (Wildman–Crippen LogP) is 4.22. The molecule has 2 rings (SSSR count). The van der Waals surface area contributed by atoms with E-state index in [1.54, 1.807) is 6.07 Å². The largest absolute Gasteiger partial charge is 0.370 e. The number of nitrogens with one attached hydrogen (secondary N) is 1. The van der Waals surface area contributed by atoms with Gasteiger partial charge in [0.15, 0.2) is 5.96 Å². The molecule has 0 aliphatic rings. The van der Waals surface area contributed by atoms with Gasteiger partial charge in [0.05, 0.1) is 12.6 Å². The average molecular weight is 379 g/mol. The molecule has 2 aromatic rings. The Morgan fingerprint density at radius 2 is 1.84 bits per heavy atom. The zero-order chi connectivity index (χ0) is 18.4. The molecule has 25 heavy (non-hydrogen) atoms. The first-order valence-corrected chi connectivity index (χ1v) is 8.85. The minimum Gasteiger partial charge on any atom is -0.370 e. The van der Waals surface area contributed by atoms with Crippen LogP contribution in [0.5, 0.6) is 0 Å². The van der Waals surface area contributed by atoms with E-state index < -0.39 is 0 Å². The smallest absolute Gasteiger partial charge is 0.189 e. The molecule has 1 atom stereocenters. The van der Waals surface area contributed by atoms with Gasteiger partial charge in [0, 0.05) is 16.6 Å². The second-order valence-electron chi connectivity index (χ2n) is 6.24. The zero-order valence-electron chi connectivity index (χ0n) is 14.8. The number of aliphatic imine (C=N–C) groups is 1. The van der Waals surface area contributed by atoms with Crippen molar-refractivity contribution < 1.29 is 0 Å². The molecule has 0 bridgehead atoms. The number of benzene rings is 2. The Hall–Kier alpha value is -1.75. The van der Waals surface area contributed by atoms with Crippen LogP contribution >= 0.6 is 23.2 Å². The van der Waals surface area contributed by atoms with Crippen LogP contribution in [0.15, 0.2) is 47.5 Å². The Labute approximate surface area is 159 Å². The lowest BCUT2D eigenvalue weighted by Gasteiger charge is -2.17. The molecule has 0 heterocycles. The summed E-state index contributed by atoms with van der Waals surface area (Å²) >= 11 is 12.2. The van der Waals surface area contributed by atoms with Gasteiger partial charge in [-0.3, -0.25) is 0 Å². The third kappa shape index (κ3) is 5.92. The molecule has 0 saturated carbocycles. The first kappa shape index (κ1) is 19.6. The highest BCUT2D eigenvalue weighted by Crippen LogP contribution is 2.25. The van der Waals surface area contributed by atoms with E-state index in [0.717, 1.165) is 17.7 Å². The first-order chi connectivity index (χ1) is 11.9. The number of hydrogen-bond donors (Lipinski definition) is 2. The third-order valence-corrected chi connectivity index (χ3v) is 4.38. The van der Waals surface area contributed by atoms with E-state index in [9.17, 15) is 0 Å². The summed E-state index contributed by atoms with van der Waals surface area (Å²) in [6.07, 6.45) is 0. The third-order valence-electron chi connectivity index (χ3n) is 3.82. The lowest BCUT2D eigenvalue weighted by molar-refractivity contribution is 0.401. The fourth-order valence-corrected chi connectivity index (χ4v) is 3.15. The highest BCUT2D eigenvalue weighted by atomic mass is 35.5. The summed E-state index contributed by atoms with van der Waals surface area (Å²) in [5, 5.41) is 4.40. The van der Waals surface area contributed by atoms with Gasteiger partial charge in [-0.25, -0.2) is 4.99 Å². The van der Waals surface area contributed by atoms with Crippen LogP contribution in [-0.2, 0) is 13.1 Å². The molecule has 0 aliphatic carbocycles. The van der Waals surface area contributed by atoms with Crippen molar-refractivity contribution in [2.24, 2.45) is 10.7 Å². The van der Waals surface area contributed by atoms with Gasteiger partial charge in [-0.1, -0.05) is 53.5 Å². The lowest BCUT2D eigenvalue weighted by Crippen LogP contribution is -2.34. The summed E-state index contributed by atoms with van der Waals surface area (Å²) in [5.41, 5.74) is 9.39. The van der Waals surface area contributed by atoms with Crippen LogP contribution in [0.1, 0.15) is 29.7 Å². The number of halogens is 2. The van der Waals surface area contributed by atoms with Crippen LogP contribution in [0, 0.1) is 0 Å². The fourth-order valence-electron chi connectivity index (χ4n) is 2.57. The number of rotatable bonds is 6. The van der Waals surface area contributed by atoms with E-state index >= 15 is 0 Å². The number of hydrogen-bond acceptors (Lipinski definition) is 2. The van der Waals surface area contributed by atoms with Crippen molar-refractivity contribution >= 4 is 29.2 Å². The number of nitrogens with two attached hydrogens (primary N) is 1. The highest BCUT2D eigenvalue weighted by Gasteiger charge is 2.11. The van der Waals surface area contributed by atoms with Crippen molar-refractivity contribution in [1.29, 1.82) is 0 Å². The lowest BCUT2D eigenvalue weighted by atomic mass is 10.1. The maximum Gasteiger partial charge on any atom is 0.189 e. The SMILES string of the molecule is CC(NC(N)=NCc1ccccc1CN(C)C)c1ccc(Cl)cc1Cl. The highest BCUT2D eigenvalue weighted by molar-refractivity contribution is 6.35. The average Bonchev–Trinajstić information content (AvgIpc) is 2.53. The van der Waals surface area contributed by atoms with Crippen LogP contribution < -0.4 is 11.1 Å². The van der Waals surface area contributed by atoms with Crippen molar-refractivity contribution in [3.8, 4) is 0 Å². The second kappa shape index (κ2) is 9.09. The van der Waals surface area contributed by atoms with Crippen LogP contribution in [0.2, 0.25) is 10.0 Å². The Kier molecular flexibility index (Phi) is 7.12. The van der Waals surface area contributed by atoms with Gasteiger partial charge < -0.3 is 16.0 Å². The monoisotopic (exact) mass is 378 g/mol. The van der Waals surface area contributed by atoms with E-state index in [1.807, 2.05) is 45.3 Å². The molecular weight excluding hydrogens is 355 g/mol. The van der Waals surface area contributed by atoms with E-state index in [-0.39, 0.29) is 6.04 Å². The molecule has 2 aromatic carbocycles. The Morgan fingerprint density at radius 1 is 1.16 bits per heavy atom. The van der Waals surface area contributed by atoms with Crippen LogP contribution in [0.25, 0.3) is 0 Å². The minimum atomic E-state index is -0.0643. The molecule has 0 aliphatic heterocycles. The molecule has 6 heteroatoms. The van der Waals surface area contributed by atoms with Crippen molar-refractivity contribution in [2.45, 2.75) is 26.1 Å². The molecule has 0 spiro atoms. The second-order valence-corrected chi connectivity index (χ2v) is 7.08. The molecule has 4 nitrogen and oxygen atoms in total.